The Morgan fingerprint density at radius 1 is 1.32 bits per heavy atom. The lowest BCUT2D eigenvalue weighted by Crippen LogP contribution is -2.41. The van der Waals surface area contributed by atoms with Gasteiger partial charge in [-0.05, 0) is 6.92 Å². The second-order valence-electron chi connectivity index (χ2n) is 4.79. The molecule has 1 atom stereocenters. The molecule has 0 amide bonds. The van der Waals surface area contributed by atoms with Crippen molar-refractivity contribution in [2.75, 3.05) is 13.1 Å². The highest BCUT2D eigenvalue weighted by molar-refractivity contribution is 7.90. The fourth-order valence-electron chi connectivity index (χ4n) is 1.40. The minimum atomic E-state index is -3.32. The van der Waals surface area contributed by atoms with Crippen LogP contribution in [0.5, 0.6) is 0 Å². The van der Waals surface area contributed by atoms with Crippen molar-refractivity contribution in [1.82, 2.24) is 20.2 Å². The number of rotatable bonds is 8. The van der Waals surface area contributed by atoms with Crippen molar-refractivity contribution in [2.24, 2.45) is 0 Å². The van der Waals surface area contributed by atoms with Crippen LogP contribution in [0.15, 0.2) is 4.52 Å². The molecule has 19 heavy (non-hydrogen) atoms. The summed E-state index contributed by atoms with van der Waals surface area (Å²) in [6, 6.07) is 0.264. The van der Waals surface area contributed by atoms with Crippen molar-refractivity contribution in [2.45, 2.75) is 45.4 Å². The molecule has 1 heterocycles. The second-order valence-corrected chi connectivity index (χ2v) is 6.98. The largest absolute Gasteiger partial charge is 0.340 e. The first-order chi connectivity index (χ1) is 8.81. The van der Waals surface area contributed by atoms with E-state index in [-0.39, 0.29) is 12.6 Å². The molecule has 1 aromatic heterocycles. The molecule has 0 aromatic carbocycles. The highest BCUT2D eigenvalue weighted by Crippen LogP contribution is 1.99. The van der Waals surface area contributed by atoms with Crippen LogP contribution >= 0.6 is 0 Å². The van der Waals surface area contributed by atoms with Crippen molar-refractivity contribution in [1.29, 1.82) is 0 Å². The Kier molecular flexibility index (Phi) is 5.89. The highest BCUT2D eigenvalue weighted by Gasteiger charge is 2.20. The molecule has 1 rings (SSSR count). The van der Waals surface area contributed by atoms with Crippen LogP contribution in [-0.4, -0.2) is 42.9 Å². The fraction of sp³-hybridized carbons (Fsp3) is 0.818. The van der Waals surface area contributed by atoms with Gasteiger partial charge in [-0.25, -0.2) is 13.1 Å². The number of sulfonamides is 1. The lowest BCUT2D eigenvalue weighted by Gasteiger charge is -2.16. The van der Waals surface area contributed by atoms with E-state index in [1.54, 1.807) is 13.8 Å². The molecule has 0 fully saturated rings. The SMILES string of the molecule is Cc1nc(CCNS(=O)(=O)C(C)CNC(C)C)no1. The number of aryl methyl sites for hydroxylation is 1. The number of nitrogens with one attached hydrogen (secondary N) is 2. The van der Waals surface area contributed by atoms with Crippen LogP contribution in [-0.2, 0) is 16.4 Å². The van der Waals surface area contributed by atoms with Crippen molar-refractivity contribution in [3.05, 3.63) is 11.7 Å². The Balaban J connectivity index is 2.37. The number of nitrogens with zero attached hydrogens (tertiary/aromatic N) is 2. The molecule has 0 radical (unpaired) electrons. The predicted molar refractivity (Wildman–Crippen MR) is 72.3 cm³/mol. The summed E-state index contributed by atoms with van der Waals surface area (Å²) >= 11 is 0. The normalized spacial score (nSPS) is 13.9. The molecule has 2 N–H and O–H groups in total. The predicted octanol–water partition coefficient (Wildman–Crippen LogP) is 0.226. The molecule has 8 heteroatoms. The molecular weight excluding hydrogens is 268 g/mol. The molecule has 1 aromatic rings. The van der Waals surface area contributed by atoms with Gasteiger partial charge in [-0.15, -0.1) is 0 Å². The number of aromatic nitrogens is 2. The van der Waals surface area contributed by atoms with E-state index in [9.17, 15) is 8.42 Å². The summed E-state index contributed by atoms with van der Waals surface area (Å²) in [5.74, 6) is 0.987. The lowest BCUT2D eigenvalue weighted by molar-refractivity contribution is 0.387. The van der Waals surface area contributed by atoms with E-state index in [4.69, 9.17) is 4.52 Å². The molecule has 110 valence electrons. The van der Waals surface area contributed by atoms with E-state index in [0.29, 0.717) is 24.7 Å². The molecule has 7 nitrogen and oxygen atoms in total. The summed E-state index contributed by atoms with van der Waals surface area (Å²) in [5, 5.41) is 6.33. The van der Waals surface area contributed by atoms with E-state index in [1.165, 1.54) is 0 Å². The van der Waals surface area contributed by atoms with Crippen molar-refractivity contribution in [3.8, 4) is 0 Å². The Labute approximate surface area is 114 Å². The summed E-state index contributed by atoms with van der Waals surface area (Å²) in [5.41, 5.74) is 0. The zero-order valence-electron chi connectivity index (χ0n) is 11.8. The van der Waals surface area contributed by atoms with E-state index in [1.807, 2.05) is 13.8 Å². The average molecular weight is 290 g/mol. The Morgan fingerprint density at radius 3 is 2.53 bits per heavy atom. The third kappa shape index (κ3) is 5.66. The van der Waals surface area contributed by atoms with Crippen LogP contribution in [0.1, 0.15) is 32.5 Å². The maximum atomic E-state index is 11.9. The van der Waals surface area contributed by atoms with Crippen LogP contribution in [0.25, 0.3) is 0 Å². The molecular formula is C11H22N4O3S. The van der Waals surface area contributed by atoms with Crippen LogP contribution in [0.4, 0.5) is 0 Å². The smallest absolute Gasteiger partial charge is 0.223 e. The summed E-state index contributed by atoms with van der Waals surface area (Å²) in [7, 11) is -3.32. The summed E-state index contributed by atoms with van der Waals surface area (Å²) in [4.78, 5) is 4.01. The third-order valence-electron chi connectivity index (χ3n) is 2.56. The van der Waals surface area contributed by atoms with E-state index in [0.717, 1.165) is 0 Å². The van der Waals surface area contributed by atoms with Gasteiger partial charge in [0, 0.05) is 32.5 Å². The standard InChI is InChI=1S/C11H22N4O3S/c1-8(2)12-7-9(3)19(16,17)13-6-5-11-14-10(4)18-15-11/h8-9,12-13H,5-7H2,1-4H3. The molecule has 0 saturated carbocycles. The van der Waals surface area contributed by atoms with Gasteiger partial charge >= 0.3 is 0 Å². The quantitative estimate of drug-likeness (QED) is 0.711. The van der Waals surface area contributed by atoms with Gasteiger partial charge in [0.05, 0.1) is 5.25 Å². The Hall–Kier alpha value is -0.990. The first-order valence-electron chi connectivity index (χ1n) is 6.32. The van der Waals surface area contributed by atoms with Gasteiger partial charge in [0.15, 0.2) is 5.82 Å². The van der Waals surface area contributed by atoms with Gasteiger partial charge in [0.1, 0.15) is 0 Å². The topological polar surface area (TPSA) is 97.1 Å². The van der Waals surface area contributed by atoms with Crippen LogP contribution in [0.3, 0.4) is 0 Å². The zero-order valence-corrected chi connectivity index (χ0v) is 12.6. The molecule has 1 unspecified atom stereocenters. The highest BCUT2D eigenvalue weighted by atomic mass is 32.2. The second kappa shape index (κ2) is 6.97. The summed E-state index contributed by atoms with van der Waals surface area (Å²) < 4.78 is 31.2. The fourth-order valence-corrected chi connectivity index (χ4v) is 2.39. The van der Waals surface area contributed by atoms with E-state index in [2.05, 4.69) is 20.2 Å². The van der Waals surface area contributed by atoms with Gasteiger partial charge in [0.2, 0.25) is 15.9 Å². The molecule has 0 aliphatic carbocycles. The van der Waals surface area contributed by atoms with Crippen molar-refractivity contribution < 1.29 is 12.9 Å². The van der Waals surface area contributed by atoms with Gasteiger partial charge in [0.25, 0.3) is 0 Å². The number of hydrogen-bond donors (Lipinski definition) is 2. The average Bonchev–Trinajstić information content (AvgIpc) is 2.71. The van der Waals surface area contributed by atoms with Gasteiger partial charge in [-0.2, -0.15) is 4.98 Å². The molecule has 0 saturated heterocycles. The van der Waals surface area contributed by atoms with Gasteiger partial charge < -0.3 is 9.84 Å². The maximum Gasteiger partial charge on any atom is 0.223 e. The zero-order chi connectivity index (χ0) is 14.5. The summed E-state index contributed by atoms with van der Waals surface area (Å²) in [6.07, 6.45) is 0.418. The number of hydrogen-bond acceptors (Lipinski definition) is 6. The summed E-state index contributed by atoms with van der Waals surface area (Å²) in [6.45, 7) is 8.02. The Morgan fingerprint density at radius 2 is 2.00 bits per heavy atom. The lowest BCUT2D eigenvalue weighted by atomic mass is 10.3. The maximum absolute atomic E-state index is 11.9. The molecule has 0 aliphatic heterocycles. The van der Waals surface area contributed by atoms with Crippen LogP contribution in [0.2, 0.25) is 0 Å². The first kappa shape index (κ1) is 16.1. The van der Waals surface area contributed by atoms with Crippen LogP contribution < -0.4 is 10.0 Å². The Bertz CT molecular complexity index is 484. The minimum Gasteiger partial charge on any atom is -0.340 e. The monoisotopic (exact) mass is 290 g/mol. The van der Waals surface area contributed by atoms with Gasteiger partial charge in [-0.1, -0.05) is 19.0 Å². The minimum absolute atomic E-state index is 0.264. The van der Waals surface area contributed by atoms with Crippen molar-refractivity contribution >= 4 is 10.0 Å². The van der Waals surface area contributed by atoms with Gasteiger partial charge in [-0.3, -0.25) is 0 Å². The molecule has 0 bridgehead atoms. The molecule has 0 spiro atoms. The third-order valence-corrected chi connectivity index (χ3v) is 4.40. The van der Waals surface area contributed by atoms with E-state index >= 15 is 0 Å². The first-order valence-corrected chi connectivity index (χ1v) is 7.87. The van der Waals surface area contributed by atoms with E-state index < -0.39 is 15.3 Å². The molecule has 0 aliphatic rings. The van der Waals surface area contributed by atoms with Crippen molar-refractivity contribution in [3.63, 3.8) is 0 Å². The van der Waals surface area contributed by atoms with Crippen LogP contribution in [0, 0.1) is 6.92 Å².